The van der Waals surface area contributed by atoms with Crippen molar-refractivity contribution in [3.8, 4) is 0 Å². The van der Waals surface area contributed by atoms with E-state index in [1.54, 1.807) is 72.8 Å². The van der Waals surface area contributed by atoms with E-state index in [1.807, 2.05) is 20.8 Å². The molecule has 1 aromatic heterocycles. The zero-order valence-electron chi connectivity index (χ0n) is 22.1. The number of hydrogen-bond acceptors (Lipinski definition) is 9. The van der Waals surface area contributed by atoms with Crippen molar-refractivity contribution in [3.05, 3.63) is 89.5 Å². The van der Waals surface area contributed by atoms with Crippen molar-refractivity contribution in [2.24, 2.45) is 0 Å². The number of aromatic nitrogens is 3. The number of nitrogens with one attached hydrogen (secondary N) is 3. The van der Waals surface area contributed by atoms with Crippen molar-refractivity contribution < 1.29 is 14.4 Å². The summed E-state index contributed by atoms with van der Waals surface area (Å²) in [7, 11) is 0. The molecular formula is C30H30N6O3. The van der Waals surface area contributed by atoms with Crippen molar-refractivity contribution >= 4 is 52.3 Å². The number of nitrogens with zero attached hydrogens (tertiary/aromatic N) is 3. The van der Waals surface area contributed by atoms with Gasteiger partial charge in [-0.1, -0.05) is 20.8 Å². The Morgan fingerprint density at radius 2 is 0.692 bits per heavy atom. The van der Waals surface area contributed by atoms with Gasteiger partial charge in [-0.05, 0) is 72.8 Å². The van der Waals surface area contributed by atoms with Crippen molar-refractivity contribution in [2.75, 3.05) is 16.0 Å². The molecule has 0 unspecified atom stereocenters. The minimum Gasteiger partial charge on any atom is -0.324 e. The maximum absolute atomic E-state index is 12.0. The van der Waals surface area contributed by atoms with E-state index in [0.717, 1.165) is 0 Å². The molecule has 9 heteroatoms. The highest BCUT2D eigenvalue weighted by atomic mass is 16.1. The fourth-order valence-corrected chi connectivity index (χ4v) is 3.76. The molecule has 0 aliphatic carbocycles. The van der Waals surface area contributed by atoms with Gasteiger partial charge in [-0.25, -0.2) is 0 Å². The van der Waals surface area contributed by atoms with Crippen LogP contribution in [0.5, 0.6) is 0 Å². The maximum atomic E-state index is 12.0. The van der Waals surface area contributed by atoms with E-state index >= 15 is 0 Å². The van der Waals surface area contributed by atoms with Gasteiger partial charge in [0.2, 0.25) is 17.8 Å². The Morgan fingerprint density at radius 3 is 0.897 bits per heavy atom. The molecule has 0 bridgehead atoms. The van der Waals surface area contributed by atoms with Crippen molar-refractivity contribution in [1.29, 1.82) is 0 Å². The second-order valence-electron chi connectivity index (χ2n) is 8.74. The van der Waals surface area contributed by atoms with Gasteiger partial charge >= 0.3 is 0 Å². The lowest BCUT2D eigenvalue weighted by atomic mass is 10.1. The molecule has 0 aliphatic rings. The van der Waals surface area contributed by atoms with Crippen LogP contribution in [-0.2, 0) is 0 Å². The lowest BCUT2D eigenvalue weighted by Gasteiger charge is -2.12. The van der Waals surface area contributed by atoms with E-state index < -0.39 is 0 Å². The number of ketones is 3. The lowest BCUT2D eigenvalue weighted by molar-refractivity contribution is 0.0980. The first-order valence-electron chi connectivity index (χ1n) is 12.9. The van der Waals surface area contributed by atoms with Crippen molar-refractivity contribution in [1.82, 2.24) is 15.0 Å². The summed E-state index contributed by atoms with van der Waals surface area (Å²) in [4.78, 5) is 49.4. The van der Waals surface area contributed by atoms with Crippen LogP contribution in [0.15, 0.2) is 72.8 Å². The van der Waals surface area contributed by atoms with Gasteiger partial charge in [0.1, 0.15) is 0 Å². The lowest BCUT2D eigenvalue weighted by Crippen LogP contribution is -2.08. The molecule has 0 radical (unpaired) electrons. The van der Waals surface area contributed by atoms with Crippen LogP contribution in [0.4, 0.5) is 34.9 Å². The Hall–Kier alpha value is -4.92. The number of anilines is 6. The minimum atomic E-state index is 0.0676. The van der Waals surface area contributed by atoms with Gasteiger partial charge in [0, 0.05) is 53.0 Å². The van der Waals surface area contributed by atoms with Gasteiger partial charge in [0.25, 0.3) is 0 Å². The van der Waals surface area contributed by atoms with Gasteiger partial charge in [0.15, 0.2) is 17.3 Å². The summed E-state index contributed by atoms with van der Waals surface area (Å²) < 4.78 is 0. The smallest absolute Gasteiger partial charge is 0.233 e. The molecule has 39 heavy (non-hydrogen) atoms. The molecule has 0 aliphatic heterocycles. The summed E-state index contributed by atoms with van der Waals surface area (Å²) in [6.45, 7) is 5.48. The molecule has 0 amide bonds. The van der Waals surface area contributed by atoms with Gasteiger partial charge < -0.3 is 16.0 Å². The third-order valence-corrected chi connectivity index (χ3v) is 5.99. The van der Waals surface area contributed by atoms with Gasteiger partial charge in [0.05, 0.1) is 0 Å². The molecule has 0 atom stereocenters. The molecule has 198 valence electrons. The molecule has 0 fully saturated rings. The summed E-state index contributed by atoms with van der Waals surface area (Å²) in [5, 5.41) is 9.48. The Balaban J connectivity index is 1.61. The second kappa shape index (κ2) is 12.6. The van der Waals surface area contributed by atoms with Crippen LogP contribution in [0.25, 0.3) is 0 Å². The number of Topliss-reactive ketones (excluding diaryl/α,β-unsaturated/α-hetero) is 3. The van der Waals surface area contributed by atoms with Crippen LogP contribution in [0.1, 0.15) is 71.1 Å². The molecule has 3 aromatic carbocycles. The van der Waals surface area contributed by atoms with E-state index in [4.69, 9.17) is 0 Å². The maximum Gasteiger partial charge on any atom is 0.233 e. The first-order valence-corrected chi connectivity index (χ1v) is 12.9. The summed E-state index contributed by atoms with van der Waals surface area (Å²) in [5.74, 6) is 1.04. The molecule has 4 rings (SSSR count). The topological polar surface area (TPSA) is 126 Å². The summed E-state index contributed by atoms with van der Waals surface area (Å²) in [6, 6.07) is 21.3. The Bertz CT molecular complexity index is 1270. The van der Waals surface area contributed by atoms with E-state index in [2.05, 4.69) is 30.9 Å². The second-order valence-corrected chi connectivity index (χ2v) is 8.74. The Labute approximate surface area is 227 Å². The third-order valence-electron chi connectivity index (χ3n) is 5.99. The molecule has 4 aromatic rings. The highest BCUT2D eigenvalue weighted by Gasteiger charge is 2.11. The highest BCUT2D eigenvalue weighted by Crippen LogP contribution is 2.22. The van der Waals surface area contributed by atoms with Crippen LogP contribution in [0.3, 0.4) is 0 Å². The van der Waals surface area contributed by atoms with Gasteiger partial charge in [-0.3, -0.25) is 14.4 Å². The molecule has 0 spiro atoms. The highest BCUT2D eigenvalue weighted by molar-refractivity contribution is 5.97. The first-order chi connectivity index (χ1) is 18.9. The third kappa shape index (κ3) is 7.10. The van der Waals surface area contributed by atoms with E-state index in [0.29, 0.717) is 53.0 Å². The number of carbonyl (C=O) groups is 3. The average molecular weight is 523 g/mol. The monoisotopic (exact) mass is 522 g/mol. The Morgan fingerprint density at radius 1 is 0.462 bits per heavy atom. The van der Waals surface area contributed by atoms with Crippen molar-refractivity contribution in [3.63, 3.8) is 0 Å². The number of hydrogen-bond donors (Lipinski definition) is 3. The molecule has 3 N–H and O–H groups in total. The molecule has 0 saturated heterocycles. The predicted molar refractivity (Wildman–Crippen MR) is 153 cm³/mol. The quantitative estimate of drug-likeness (QED) is 0.171. The minimum absolute atomic E-state index is 0.0676. The van der Waals surface area contributed by atoms with E-state index in [-0.39, 0.29) is 35.2 Å². The van der Waals surface area contributed by atoms with Crippen molar-refractivity contribution in [2.45, 2.75) is 40.0 Å². The molecular weight excluding hydrogens is 492 g/mol. The summed E-state index contributed by atoms with van der Waals surface area (Å²) >= 11 is 0. The van der Waals surface area contributed by atoms with Crippen LogP contribution in [0, 0.1) is 0 Å². The summed E-state index contributed by atoms with van der Waals surface area (Å²) in [5.41, 5.74) is 4.03. The van der Waals surface area contributed by atoms with E-state index in [9.17, 15) is 14.4 Å². The van der Waals surface area contributed by atoms with E-state index in [1.165, 1.54) is 0 Å². The zero-order chi connectivity index (χ0) is 27.8. The van der Waals surface area contributed by atoms with Crippen LogP contribution >= 0.6 is 0 Å². The zero-order valence-corrected chi connectivity index (χ0v) is 22.1. The largest absolute Gasteiger partial charge is 0.324 e. The van der Waals surface area contributed by atoms with Crippen LogP contribution in [0.2, 0.25) is 0 Å². The normalized spacial score (nSPS) is 10.5. The number of carbonyl (C=O) groups excluding carboxylic acids is 3. The Kier molecular flexibility index (Phi) is 8.73. The van der Waals surface area contributed by atoms with Gasteiger partial charge in [-0.2, -0.15) is 15.0 Å². The molecule has 9 nitrogen and oxygen atoms in total. The molecule has 0 saturated carbocycles. The van der Waals surface area contributed by atoms with Crippen LogP contribution in [-0.4, -0.2) is 32.3 Å². The predicted octanol–water partition coefficient (Wildman–Crippen LogP) is 6.88. The summed E-state index contributed by atoms with van der Waals surface area (Å²) in [6.07, 6.45) is 1.31. The average Bonchev–Trinajstić information content (AvgIpc) is 2.97. The van der Waals surface area contributed by atoms with Crippen LogP contribution < -0.4 is 16.0 Å². The number of rotatable bonds is 12. The number of benzene rings is 3. The fraction of sp³-hybridized carbons (Fsp3) is 0.200. The fourth-order valence-electron chi connectivity index (χ4n) is 3.76. The van der Waals surface area contributed by atoms with Gasteiger partial charge in [-0.15, -0.1) is 0 Å². The SMILES string of the molecule is CCC(=O)c1ccc(Nc2nc(Nc3ccc(C(=O)CC)cc3)nc(Nc3ccc(C(=O)CC)cc3)n2)cc1. The molecule has 1 heterocycles. The standard InChI is InChI=1S/C30H30N6O3/c1-4-25(37)19-7-13-22(14-8-19)31-28-34-29(32-23-15-9-20(10-16-23)26(38)5-2)36-30(35-28)33-24-17-11-21(12-18-24)27(39)6-3/h7-18H,4-6H2,1-3H3,(H3,31,32,33,34,35,36). The first kappa shape index (κ1) is 27.1.